The van der Waals surface area contributed by atoms with Gasteiger partial charge in [0, 0.05) is 26.4 Å². The van der Waals surface area contributed by atoms with E-state index in [0.29, 0.717) is 0 Å². The van der Waals surface area contributed by atoms with Gasteiger partial charge in [-0.3, -0.25) is 4.79 Å². The van der Waals surface area contributed by atoms with E-state index in [-0.39, 0.29) is 5.91 Å². The van der Waals surface area contributed by atoms with E-state index >= 15 is 0 Å². The van der Waals surface area contributed by atoms with Crippen LogP contribution in [0.5, 0.6) is 0 Å². The molecule has 0 atom stereocenters. The van der Waals surface area contributed by atoms with Crippen molar-refractivity contribution in [3.05, 3.63) is 0 Å². The zero-order valence-corrected chi connectivity index (χ0v) is 8.02. The maximum atomic E-state index is 10.7. The average Bonchev–Trinajstić information content (AvgIpc) is 1.97. The van der Waals surface area contributed by atoms with Crippen LogP contribution in [-0.2, 0) is 4.79 Å². The van der Waals surface area contributed by atoms with Crippen molar-refractivity contribution in [3.63, 3.8) is 0 Å². The van der Waals surface area contributed by atoms with Crippen LogP contribution in [0.4, 0.5) is 0 Å². The molecule has 0 heterocycles. The third kappa shape index (κ3) is 6.17. The standard InChI is InChI=1S/C8H16ClNO/c1-8(11)10(2)7-5-3-4-6-9/h3-7H2,1-2H3. The van der Waals surface area contributed by atoms with E-state index < -0.39 is 0 Å². The molecule has 0 unspecified atom stereocenters. The SMILES string of the molecule is CC(=O)N(C)CCCCCCl. The molecule has 0 aliphatic rings. The fraction of sp³-hybridized carbons (Fsp3) is 0.875. The van der Waals surface area contributed by atoms with Crippen molar-refractivity contribution in [2.24, 2.45) is 0 Å². The molecule has 0 spiro atoms. The Bertz CT molecular complexity index is 117. The Morgan fingerprint density at radius 2 is 2.00 bits per heavy atom. The lowest BCUT2D eigenvalue weighted by Crippen LogP contribution is -2.24. The second kappa shape index (κ2) is 6.47. The van der Waals surface area contributed by atoms with Crippen LogP contribution in [0.2, 0.25) is 0 Å². The lowest BCUT2D eigenvalue weighted by molar-refractivity contribution is -0.127. The van der Waals surface area contributed by atoms with E-state index in [1.165, 1.54) is 0 Å². The molecule has 66 valence electrons. The molecule has 11 heavy (non-hydrogen) atoms. The first kappa shape index (κ1) is 10.8. The van der Waals surface area contributed by atoms with Crippen molar-refractivity contribution in [2.75, 3.05) is 19.5 Å². The molecule has 1 amide bonds. The minimum absolute atomic E-state index is 0.135. The number of hydrogen-bond acceptors (Lipinski definition) is 1. The minimum Gasteiger partial charge on any atom is -0.346 e. The summed E-state index contributed by atoms with van der Waals surface area (Å²) in [6.07, 6.45) is 3.22. The topological polar surface area (TPSA) is 20.3 Å². The molecule has 0 bridgehead atoms. The van der Waals surface area contributed by atoms with E-state index in [1.807, 2.05) is 7.05 Å². The van der Waals surface area contributed by atoms with Gasteiger partial charge >= 0.3 is 0 Å². The number of hydrogen-bond donors (Lipinski definition) is 0. The van der Waals surface area contributed by atoms with Crippen molar-refractivity contribution in [1.29, 1.82) is 0 Å². The summed E-state index contributed by atoms with van der Waals surface area (Å²) in [7, 11) is 1.82. The summed E-state index contributed by atoms with van der Waals surface area (Å²) < 4.78 is 0. The van der Waals surface area contributed by atoms with Crippen molar-refractivity contribution in [2.45, 2.75) is 26.2 Å². The fourth-order valence-electron chi connectivity index (χ4n) is 0.778. The van der Waals surface area contributed by atoms with Crippen LogP contribution in [0.15, 0.2) is 0 Å². The van der Waals surface area contributed by atoms with Gasteiger partial charge in [0.05, 0.1) is 0 Å². The predicted molar refractivity (Wildman–Crippen MR) is 47.9 cm³/mol. The van der Waals surface area contributed by atoms with Crippen molar-refractivity contribution in [1.82, 2.24) is 4.90 Å². The molecule has 3 heteroatoms. The molecule has 0 saturated carbocycles. The number of nitrogens with zero attached hydrogens (tertiary/aromatic N) is 1. The number of unbranched alkanes of at least 4 members (excludes halogenated alkanes) is 2. The number of amides is 1. The van der Waals surface area contributed by atoms with Crippen LogP contribution < -0.4 is 0 Å². The second-order valence-corrected chi connectivity index (χ2v) is 3.07. The van der Waals surface area contributed by atoms with Crippen LogP contribution in [-0.4, -0.2) is 30.3 Å². The maximum absolute atomic E-state index is 10.7. The summed E-state index contributed by atoms with van der Waals surface area (Å²) in [5, 5.41) is 0. The predicted octanol–water partition coefficient (Wildman–Crippen LogP) is 1.87. The van der Waals surface area contributed by atoms with Gasteiger partial charge in [-0.25, -0.2) is 0 Å². The molecule has 0 aromatic heterocycles. The summed E-state index contributed by atoms with van der Waals surface area (Å²) in [6.45, 7) is 2.44. The van der Waals surface area contributed by atoms with E-state index in [4.69, 9.17) is 11.6 Å². The molecule has 0 saturated heterocycles. The number of carbonyl (C=O) groups excluding carboxylic acids is 1. The highest BCUT2D eigenvalue weighted by Gasteiger charge is 1.99. The van der Waals surface area contributed by atoms with Gasteiger partial charge in [0.25, 0.3) is 0 Å². The Hall–Kier alpha value is -0.240. The monoisotopic (exact) mass is 177 g/mol. The Kier molecular flexibility index (Phi) is 6.33. The van der Waals surface area contributed by atoms with E-state index in [2.05, 4.69) is 0 Å². The van der Waals surface area contributed by atoms with Gasteiger partial charge in [-0.2, -0.15) is 0 Å². The van der Waals surface area contributed by atoms with E-state index in [9.17, 15) is 4.79 Å². The lowest BCUT2D eigenvalue weighted by Gasteiger charge is -2.13. The molecular weight excluding hydrogens is 162 g/mol. The lowest BCUT2D eigenvalue weighted by atomic mass is 10.2. The van der Waals surface area contributed by atoms with Crippen LogP contribution >= 0.6 is 11.6 Å². The molecule has 0 aromatic rings. The van der Waals surface area contributed by atoms with Gasteiger partial charge in [-0.15, -0.1) is 11.6 Å². The zero-order chi connectivity index (χ0) is 8.69. The highest BCUT2D eigenvalue weighted by molar-refractivity contribution is 6.17. The Morgan fingerprint density at radius 3 is 2.45 bits per heavy atom. The summed E-state index contributed by atoms with van der Waals surface area (Å²) in [5.41, 5.74) is 0. The maximum Gasteiger partial charge on any atom is 0.219 e. The molecule has 0 aromatic carbocycles. The van der Waals surface area contributed by atoms with Crippen LogP contribution in [0.1, 0.15) is 26.2 Å². The van der Waals surface area contributed by atoms with Gasteiger partial charge in [-0.05, 0) is 12.8 Å². The molecule has 0 aliphatic heterocycles. The summed E-state index contributed by atoms with van der Waals surface area (Å²) in [6, 6.07) is 0. The molecular formula is C8H16ClNO. The molecule has 2 nitrogen and oxygen atoms in total. The van der Waals surface area contributed by atoms with Crippen molar-refractivity contribution < 1.29 is 4.79 Å². The van der Waals surface area contributed by atoms with Gasteiger partial charge in [0.1, 0.15) is 0 Å². The van der Waals surface area contributed by atoms with E-state index in [0.717, 1.165) is 31.7 Å². The van der Waals surface area contributed by atoms with Crippen LogP contribution in [0.3, 0.4) is 0 Å². The highest BCUT2D eigenvalue weighted by Crippen LogP contribution is 1.98. The third-order valence-corrected chi connectivity index (χ3v) is 1.93. The fourth-order valence-corrected chi connectivity index (χ4v) is 0.967. The van der Waals surface area contributed by atoms with Crippen LogP contribution in [0, 0.1) is 0 Å². The first-order valence-corrected chi connectivity index (χ1v) is 4.49. The number of rotatable bonds is 5. The Labute approximate surface area is 73.5 Å². The normalized spacial score (nSPS) is 9.73. The van der Waals surface area contributed by atoms with Gasteiger partial charge in [0.2, 0.25) is 5.91 Å². The number of carbonyl (C=O) groups is 1. The summed E-state index contributed by atoms with van der Waals surface area (Å²) in [4.78, 5) is 12.4. The third-order valence-electron chi connectivity index (χ3n) is 1.66. The number of halogens is 1. The molecule has 0 radical (unpaired) electrons. The molecule has 0 aliphatic carbocycles. The molecule has 0 N–H and O–H groups in total. The quantitative estimate of drug-likeness (QED) is 0.464. The van der Waals surface area contributed by atoms with Gasteiger partial charge < -0.3 is 4.90 Å². The summed E-state index contributed by atoms with van der Waals surface area (Å²) >= 11 is 5.50. The minimum atomic E-state index is 0.135. The zero-order valence-electron chi connectivity index (χ0n) is 7.27. The van der Waals surface area contributed by atoms with Gasteiger partial charge in [-0.1, -0.05) is 6.42 Å². The Balaban J connectivity index is 3.17. The molecule has 0 rings (SSSR count). The van der Waals surface area contributed by atoms with Crippen LogP contribution in [0.25, 0.3) is 0 Å². The smallest absolute Gasteiger partial charge is 0.219 e. The number of alkyl halides is 1. The highest BCUT2D eigenvalue weighted by atomic mass is 35.5. The first-order chi connectivity index (χ1) is 5.18. The van der Waals surface area contributed by atoms with Crippen molar-refractivity contribution in [3.8, 4) is 0 Å². The second-order valence-electron chi connectivity index (χ2n) is 2.69. The molecule has 0 fully saturated rings. The van der Waals surface area contributed by atoms with Gasteiger partial charge in [0.15, 0.2) is 0 Å². The summed E-state index contributed by atoms with van der Waals surface area (Å²) in [5.74, 6) is 0.861. The largest absolute Gasteiger partial charge is 0.346 e. The van der Waals surface area contributed by atoms with E-state index in [1.54, 1.807) is 11.8 Å². The first-order valence-electron chi connectivity index (χ1n) is 3.96. The average molecular weight is 178 g/mol. The van der Waals surface area contributed by atoms with Crippen molar-refractivity contribution >= 4 is 17.5 Å². The Morgan fingerprint density at radius 1 is 1.36 bits per heavy atom.